The van der Waals surface area contributed by atoms with Crippen molar-refractivity contribution in [2.75, 3.05) is 13.7 Å². The van der Waals surface area contributed by atoms with Crippen molar-refractivity contribution < 1.29 is 14.3 Å². The number of carbonyl (C=O) groups excluding carboxylic acids is 1. The van der Waals surface area contributed by atoms with Gasteiger partial charge in [-0.3, -0.25) is 0 Å². The van der Waals surface area contributed by atoms with E-state index >= 15 is 0 Å². The fraction of sp³-hybridized carbons (Fsp3) is 0.286. The van der Waals surface area contributed by atoms with Gasteiger partial charge in [0.15, 0.2) is 0 Å². The monoisotopic (exact) mass is 260 g/mol. The van der Waals surface area contributed by atoms with E-state index in [1.165, 1.54) is 0 Å². The Balaban J connectivity index is 2.19. The minimum absolute atomic E-state index is 0.324. The molecule has 0 saturated heterocycles. The van der Waals surface area contributed by atoms with E-state index in [1.807, 2.05) is 24.4 Å². The Morgan fingerprint density at radius 2 is 2.16 bits per heavy atom. The summed E-state index contributed by atoms with van der Waals surface area (Å²) in [4.78, 5) is 16.1. The van der Waals surface area contributed by atoms with Crippen molar-refractivity contribution >= 4 is 5.97 Å². The van der Waals surface area contributed by atoms with E-state index in [1.54, 1.807) is 30.7 Å². The molecular formula is C14H16N2O3. The molecule has 0 spiro atoms. The molecule has 2 aromatic heterocycles. The number of pyridine rings is 1. The third-order valence-corrected chi connectivity index (χ3v) is 2.64. The first kappa shape index (κ1) is 13.1. The van der Waals surface area contributed by atoms with E-state index in [0.717, 1.165) is 5.69 Å². The van der Waals surface area contributed by atoms with Gasteiger partial charge in [-0.1, -0.05) is 6.07 Å². The van der Waals surface area contributed by atoms with Crippen LogP contribution < -0.4 is 4.74 Å². The van der Waals surface area contributed by atoms with E-state index < -0.39 is 0 Å². The molecule has 100 valence electrons. The molecular weight excluding hydrogens is 244 g/mol. The lowest BCUT2D eigenvalue weighted by atomic mass is 10.3. The SMILES string of the molecule is CCOC(=O)c1cccn1Cc1cccc(OC)n1. The Kier molecular flexibility index (Phi) is 4.18. The molecule has 0 aliphatic heterocycles. The number of ether oxygens (including phenoxy) is 2. The Morgan fingerprint density at radius 1 is 1.32 bits per heavy atom. The fourth-order valence-electron chi connectivity index (χ4n) is 1.78. The lowest BCUT2D eigenvalue weighted by molar-refractivity contribution is 0.0514. The molecule has 0 bridgehead atoms. The summed E-state index contributed by atoms with van der Waals surface area (Å²) in [6.07, 6.45) is 1.83. The van der Waals surface area contributed by atoms with Crippen LogP contribution in [-0.4, -0.2) is 29.2 Å². The molecule has 19 heavy (non-hydrogen) atoms. The number of aromatic nitrogens is 2. The maximum absolute atomic E-state index is 11.8. The Labute approximate surface area is 111 Å². The van der Waals surface area contributed by atoms with Crippen LogP contribution in [0.2, 0.25) is 0 Å². The smallest absolute Gasteiger partial charge is 0.354 e. The highest BCUT2D eigenvalue weighted by Gasteiger charge is 2.12. The highest BCUT2D eigenvalue weighted by Crippen LogP contribution is 2.11. The summed E-state index contributed by atoms with van der Waals surface area (Å²) in [6, 6.07) is 9.09. The van der Waals surface area contributed by atoms with Crippen LogP contribution in [0, 0.1) is 0 Å². The van der Waals surface area contributed by atoms with Gasteiger partial charge in [-0.2, -0.15) is 0 Å². The molecule has 5 nitrogen and oxygen atoms in total. The van der Waals surface area contributed by atoms with Crippen LogP contribution in [0.15, 0.2) is 36.5 Å². The predicted molar refractivity (Wildman–Crippen MR) is 70.3 cm³/mol. The highest BCUT2D eigenvalue weighted by molar-refractivity contribution is 5.87. The normalized spacial score (nSPS) is 10.2. The van der Waals surface area contributed by atoms with Crippen LogP contribution in [0.25, 0.3) is 0 Å². The van der Waals surface area contributed by atoms with Gasteiger partial charge in [-0.25, -0.2) is 9.78 Å². The molecule has 0 aromatic carbocycles. The molecule has 0 saturated carbocycles. The predicted octanol–water partition coefficient (Wildman–Crippen LogP) is 2.12. The van der Waals surface area contributed by atoms with Crippen molar-refractivity contribution in [3.05, 3.63) is 47.9 Å². The van der Waals surface area contributed by atoms with E-state index in [-0.39, 0.29) is 5.97 Å². The Hall–Kier alpha value is -2.30. The number of hydrogen-bond acceptors (Lipinski definition) is 4. The maximum atomic E-state index is 11.8. The van der Waals surface area contributed by atoms with Crippen LogP contribution >= 0.6 is 0 Å². The summed E-state index contributed by atoms with van der Waals surface area (Å²) in [7, 11) is 1.58. The third-order valence-electron chi connectivity index (χ3n) is 2.64. The first-order valence-electron chi connectivity index (χ1n) is 6.06. The zero-order valence-corrected chi connectivity index (χ0v) is 11.0. The van der Waals surface area contributed by atoms with Crippen molar-refractivity contribution in [1.29, 1.82) is 0 Å². The fourth-order valence-corrected chi connectivity index (χ4v) is 1.78. The molecule has 0 radical (unpaired) electrons. The van der Waals surface area contributed by atoms with Gasteiger partial charge in [0, 0.05) is 12.3 Å². The molecule has 0 unspecified atom stereocenters. The van der Waals surface area contributed by atoms with E-state index in [4.69, 9.17) is 9.47 Å². The number of carbonyl (C=O) groups is 1. The molecule has 0 aliphatic rings. The van der Waals surface area contributed by atoms with Crippen LogP contribution in [0.3, 0.4) is 0 Å². The Morgan fingerprint density at radius 3 is 2.89 bits per heavy atom. The second kappa shape index (κ2) is 6.04. The molecule has 0 aliphatic carbocycles. The van der Waals surface area contributed by atoms with E-state index in [2.05, 4.69) is 4.98 Å². The maximum Gasteiger partial charge on any atom is 0.354 e. The Bertz CT molecular complexity index is 563. The van der Waals surface area contributed by atoms with Crippen molar-refractivity contribution in [3.63, 3.8) is 0 Å². The van der Waals surface area contributed by atoms with Gasteiger partial charge in [-0.05, 0) is 25.1 Å². The van der Waals surface area contributed by atoms with Gasteiger partial charge in [-0.15, -0.1) is 0 Å². The van der Waals surface area contributed by atoms with E-state index in [9.17, 15) is 4.79 Å². The summed E-state index contributed by atoms with van der Waals surface area (Å²) >= 11 is 0. The molecule has 0 fully saturated rings. The number of rotatable bonds is 5. The molecule has 0 amide bonds. The van der Waals surface area contributed by atoms with Gasteiger partial charge in [0.1, 0.15) is 5.69 Å². The largest absolute Gasteiger partial charge is 0.481 e. The number of hydrogen-bond donors (Lipinski definition) is 0. The van der Waals surface area contributed by atoms with Gasteiger partial charge in [0.05, 0.1) is 26.0 Å². The zero-order chi connectivity index (χ0) is 13.7. The molecule has 2 heterocycles. The molecule has 2 aromatic rings. The molecule has 0 N–H and O–H groups in total. The average Bonchev–Trinajstić information content (AvgIpc) is 2.87. The van der Waals surface area contributed by atoms with Crippen molar-refractivity contribution in [2.24, 2.45) is 0 Å². The number of nitrogens with zero attached hydrogens (tertiary/aromatic N) is 2. The summed E-state index contributed by atoms with van der Waals surface area (Å²) in [5, 5.41) is 0. The first-order valence-corrected chi connectivity index (χ1v) is 6.06. The van der Waals surface area contributed by atoms with Crippen LogP contribution in [0.1, 0.15) is 23.1 Å². The van der Waals surface area contributed by atoms with Crippen molar-refractivity contribution in [2.45, 2.75) is 13.5 Å². The van der Waals surface area contributed by atoms with Crippen molar-refractivity contribution in [3.8, 4) is 5.88 Å². The zero-order valence-electron chi connectivity index (χ0n) is 11.0. The topological polar surface area (TPSA) is 53.4 Å². The lowest BCUT2D eigenvalue weighted by Crippen LogP contribution is -2.13. The minimum atomic E-state index is -0.324. The van der Waals surface area contributed by atoms with Gasteiger partial charge in [0.2, 0.25) is 5.88 Å². The molecule has 2 rings (SSSR count). The second-order valence-electron chi connectivity index (χ2n) is 3.91. The summed E-state index contributed by atoms with van der Waals surface area (Å²) in [6.45, 7) is 2.65. The average molecular weight is 260 g/mol. The van der Waals surface area contributed by atoms with Gasteiger partial charge >= 0.3 is 5.97 Å². The van der Waals surface area contributed by atoms with E-state index in [0.29, 0.717) is 24.7 Å². The van der Waals surface area contributed by atoms with Crippen molar-refractivity contribution in [1.82, 2.24) is 9.55 Å². The lowest BCUT2D eigenvalue weighted by Gasteiger charge is -2.08. The quantitative estimate of drug-likeness (QED) is 0.773. The third kappa shape index (κ3) is 3.13. The summed E-state index contributed by atoms with van der Waals surface area (Å²) in [5.41, 5.74) is 1.34. The van der Waals surface area contributed by atoms with Crippen LogP contribution in [0.4, 0.5) is 0 Å². The highest BCUT2D eigenvalue weighted by atomic mass is 16.5. The minimum Gasteiger partial charge on any atom is -0.481 e. The number of esters is 1. The van der Waals surface area contributed by atoms with Crippen LogP contribution in [0.5, 0.6) is 5.88 Å². The second-order valence-corrected chi connectivity index (χ2v) is 3.91. The molecule has 5 heteroatoms. The van der Waals surface area contributed by atoms with Gasteiger partial charge < -0.3 is 14.0 Å². The summed E-state index contributed by atoms with van der Waals surface area (Å²) in [5.74, 6) is 0.234. The summed E-state index contributed by atoms with van der Waals surface area (Å²) < 4.78 is 11.9. The standard InChI is InChI=1S/C14H16N2O3/c1-3-19-14(17)12-7-5-9-16(12)10-11-6-4-8-13(15-11)18-2/h4-9H,3,10H2,1-2H3. The molecule has 0 atom stereocenters. The first-order chi connectivity index (χ1) is 9.24. The number of methoxy groups -OCH3 is 1. The van der Waals surface area contributed by atoms with Gasteiger partial charge in [0.25, 0.3) is 0 Å². The van der Waals surface area contributed by atoms with Crippen LogP contribution in [-0.2, 0) is 11.3 Å².